The minimum absolute atomic E-state index is 0.163. The summed E-state index contributed by atoms with van der Waals surface area (Å²) in [5.74, 6) is 1.60. The summed E-state index contributed by atoms with van der Waals surface area (Å²) in [6, 6.07) is 17.8. The van der Waals surface area contributed by atoms with Crippen LogP contribution in [0.3, 0.4) is 0 Å². The Morgan fingerprint density at radius 3 is 2.83 bits per heavy atom. The van der Waals surface area contributed by atoms with Crippen LogP contribution in [-0.2, 0) is 6.61 Å². The molecule has 146 valence electrons. The summed E-state index contributed by atoms with van der Waals surface area (Å²) in [4.78, 5) is 16.8. The van der Waals surface area contributed by atoms with Gasteiger partial charge in [0.25, 0.3) is 5.91 Å². The summed E-state index contributed by atoms with van der Waals surface area (Å²) in [5, 5.41) is 4.19. The van der Waals surface area contributed by atoms with Crippen molar-refractivity contribution in [3.05, 3.63) is 83.4 Å². The fourth-order valence-corrected chi connectivity index (χ4v) is 2.97. The number of benzene rings is 2. The summed E-state index contributed by atoms with van der Waals surface area (Å²) >= 11 is 6.06. The van der Waals surface area contributed by atoms with E-state index in [1.165, 1.54) is 0 Å². The van der Waals surface area contributed by atoms with Gasteiger partial charge in [-0.15, -0.1) is 0 Å². The van der Waals surface area contributed by atoms with Gasteiger partial charge in [-0.3, -0.25) is 9.78 Å². The lowest BCUT2D eigenvalue weighted by Crippen LogP contribution is -2.11. The Labute approximate surface area is 172 Å². The van der Waals surface area contributed by atoms with Crippen LogP contribution in [0.5, 0.6) is 11.5 Å². The van der Waals surface area contributed by atoms with Crippen LogP contribution in [0.1, 0.15) is 16.3 Å². The minimum atomic E-state index is -0.372. The second-order valence-corrected chi connectivity index (χ2v) is 6.63. The van der Waals surface area contributed by atoms with Crippen LogP contribution in [0.4, 0.5) is 5.69 Å². The first-order valence-corrected chi connectivity index (χ1v) is 9.21. The molecular formula is C22H17ClN2O4. The summed E-state index contributed by atoms with van der Waals surface area (Å²) in [5.41, 5.74) is 1.34. The number of aromatic nitrogens is 1. The molecule has 29 heavy (non-hydrogen) atoms. The predicted octanol–water partition coefficient (Wildman–Crippen LogP) is 5.32. The summed E-state index contributed by atoms with van der Waals surface area (Å²) in [6.07, 6.45) is 1.59. The van der Waals surface area contributed by atoms with Crippen molar-refractivity contribution in [2.24, 2.45) is 0 Å². The van der Waals surface area contributed by atoms with Crippen molar-refractivity contribution in [1.82, 2.24) is 4.98 Å². The molecule has 0 aliphatic heterocycles. The smallest absolute Gasteiger partial charge is 0.291 e. The monoisotopic (exact) mass is 408 g/mol. The molecule has 0 unspecified atom stereocenters. The maximum atomic E-state index is 12.5. The standard InChI is InChI=1S/C22H17ClN2O4/c1-27-16-7-6-14-10-15(12-24-19(14)11-16)25-22(26)21-9-8-17(29-21)13-28-20-5-3-2-4-18(20)23/h2-12H,13H2,1H3,(H,25,26). The zero-order valence-electron chi connectivity index (χ0n) is 15.5. The Balaban J connectivity index is 1.42. The van der Waals surface area contributed by atoms with E-state index in [2.05, 4.69) is 10.3 Å². The highest BCUT2D eigenvalue weighted by Crippen LogP contribution is 2.25. The van der Waals surface area contributed by atoms with Crippen molar-refractivity contribution in [3.63, 3.8) is 0 Å². The average molecular weight is 409 g/mol. The molecule has 0 aliphatic carbocycles. The SMILES string of the molecule is COc1ccc2cc(NC(=O)c3ccc(COc4ccccc4Cl)o3)cnc2c1. The molecule has 2 heterocycles. The number of ether oxygens (including phenoxy) is 2. The molecule has 2 aromatic carbocycles. The second kappa shape index (κ2) is 8.24. The molecule has 0 saturated heterocycles. The van der Waals surface area contributed by atoms with E-state index < -0.39 is 0 Å². The average Bonchev–Trinajstić information content (AvgIpc) is 3.22. The third-order valence-corrected chi connectivity index (χ3v) is 4.55. The third-order valence-electron chi connectivity index (χ3n) is 4.24. The van der Waals surface area contributed by atoms with Crippen LogP contribution in [0, 0.1) is 0 Å². The molecule has 6 nitrogen and oxygen atoms in total. The van der Waals surface area contributed by atoms with Crippen LogP contribution in [0.2, 0.25) is 5.02 Å². The van der Waals surface area contributed by atoms with Crippen LogP contribution in [0.15, 0.2) is 71.3 Å². The fourth-order valence-electron chi connectivity index (χ4n) is 2.78. The lowest BCUT2D eigenvalue weighted by molar-refractivity contribution is 0.0992. The number of methoxy groups -OCH3 is 1. The van der Waals surface area contributed by atoms with Crippen molar-refractivity contribution in [3.8, 4) is 11.5 Å². The Morgan fingerprint density at radius 2 is 2.00 bits per heavy atom. The molecule has 0 bridgehead atoms. The Hall–Kier alpha value is -3.51. The number of carbonyl (C=O) groups excluding carboxylic acids is 1. The molecule has 0 fully saturated rings. The topological polar surface area (TPSA) is 73.6 Å². The van der Waals surface area contributed by atoms with Gasteiger partial charge in [-0.2, -0.15) is 0 Å². The minimum Gasteiger partial charge on any atom is -0.497 e. The van der Waals surface area contributed by atoms with Crippen LogP contribution >= 0.6 is 11.6 Å². The summed E-state index contributed by atoms with van der Waals surface area (Å²) in [6.45, 7) is 0.163. The number of furan rings is 1. The zero-order chi connectivity index (χ0) is 20.2. The predicted molar refractivity (Wildman–Crippen MR) is 111 cm³/mol. The van der Waals surface area contributed by atoms with Crippen molar-refractivity contribution in [1.29, 1.82) is 0 Å². The van der Waals surface area contributed by atoms with E-state index in [1.54, 1.807) is 37.6 Å². The highest BCUT2D eigenvalue weighted by Gasteiger charge is 2.13. The van der Waals surface area contributed by atoms with Gasteiger partial charge in [0.2, 0.25) is 0 Å². The van der Waals surface area contributed by atoms with Gasteiger partial charge in [0.15, 0.2) is 5.76 Å². The van der Waals surface area contributed by atoms with E-state index in [4.69, 9.17) is 25.5 Å². The molecule has 4 rings (SSSR count). The molecule has 0 spiro atoms. The van der Waals surface area contributed by atoms with Gasteiger partial charge in [-0.25, -0.2) is 0 Å². The van der Waals surface area contributed by atoms with E-state index in [0.717, 1.165) is 16.7 Å². The summed E-state index contributed by atoms with van der Waals surface area (Å²) < 4.78 is 16.4. The molecule has 1 amide bonds. The molecule has 1 N–H and O–H groups in total. The number of carbonyl (C=O) groups is 1. The first-order chi connectivity index (χ1) is 14.1. The summed E-state index contributed by atoms with van der Waals surface area (Å²) in [7, 11) is 1.60. The lowest BCUT2D eigenvalue weighted by Gasteiger charge is -2.06. The van der Waals surface area contributed by atoms with Gasteiger partial charge in [0.05, 0.1) is 29.5 Å². The molecule has 0 saturated carbocycles. The van der Waals surface area contributed by atoms with Crippen molar-refractivity contribution in [2.45, 2.75) is 6.61 Å². The zero-order valence-corrected chi connectivity index (χ0v) is 16.3. The van der Waals surface area contributed by atoms with Crippen molar-refractivity contribution < 1.29 is 18.7 Å². The van der Waals surface area contributed by atoms with Crippen LogP contribution in [-0.4, -0.2) is 18.0 Å². The van der Waals surface area contributed by atoms with Gasteiger partial charge < -0.3 is 19.2 Å². The number of pyridine rings is 1. The first kappa shape index (κ1) is 18.8. The maximum Gasteiger partial charge on any atom is 0.291 e. The van der Waals surface area contributed by atoms with Gasteiger partial charge >= 0.3 is 0 Å². The third kappa shape index (κ3) is 4.33. The number of hydrogen-bond donors (Lipinski definition) is 1. The van der Waals surface area contributed by atoms with Crippen molar-refractivity contribution >= 4 is 34.1 Å². The first-order valence-electron chi connectivity index (χ1n) is 8.83. The number of para-hydroxylation sites is 1. The maximum absolute atomic E-state index is 12.5. The lowest BCUT2D eigenvalue weighted by atomic mass is 10.2. The van der Waals surface area contributed by atoms with Gasteiger partial charge in [-0.05, 0) is 42.5 Å². The van der Waals surface area contributed by atoms with Gasteiger partial charge in [-0.1, -0.05) is 23.7 Å². The fraction of sp³-hybridized carbons (Fsp3) is 0.0909. The number of nitrogens with one attached hydrogen (secondary N) is 1. The molecule has 0 atom stereocenters. The van der Waals surface area contributed by atoms with Crippen LogP contribution in [0.25, 0.3) is 10.9 Å². The molecule has 2 aromatic heterocycles. The highest BCUT2D eigenvalue weighted by atomic mass is 35.5. The van der Waals surface area contributed by atoms with E-state index in [9.17, 15) is 4.79 Å². The largest absolute Gasteiger partial charge is 0.497 e. The van der Waals surface area contributed by atoms with Crippen molar-refractivity contribution in [2.75, 3.05) is 12.4 Å². The second-order valence-electron chi connectivity index (χ2n) is 6.22. The highest BCUT2D eigenvalue weighted by molar-refractivity contribution is 6.32. The van der Waals surface area contributed by atoms with Crippen LogP contribution < -0.4 is 14.8 Å². The number of fused-ring (bicyclic) bond motifs is 1. The Morgan fingerprint density at radius 1 is 1.14 bits per heavy atom. The number of rotatable bonds is 6. The number of halogens is 1. The molecular weight excluding hydrogens is 392 g/mol. The van der Waals surface area contributed by atoms with Gasteiger partial charge in [0.1, 0.15) is 23.9 Å². The van der Waals surface area contributed by atoms with Gasteiger partial charge in [0, 0.05) is 11.5 Å². The van der Waals surface area contributed by atoms with E-state index in [1.807, 2.05) is 36.4 Å². The molecule has 4 aromatic rings. The Bertz CT molecular complexity index is 1170. The normalized spacial score (nSPS) is 10.7. The van der Waals surface area contributed by atoms with E-state index in [0.29, 0.717) is 22.2 Å². The molecule has 0 radical (unpaired) electrons. The quantitative estimate of drug-likeness (QED) is 0.467. The number of nitrogens with zero attached hydrogens (tertiary/aromatic N) is 1. The van der Waals surface area contributed by atoms with E-state index in [-0.39, 0.29) is 18.3 Å². The number of anilines is 1. The number of amides is 1. The van der Waals surface area contributed by atoms with E-state index >= 15 is 0 Å². The molecule has 0 aliphatic rings. The molecule has 7 heteroatoms. The number of hydrogen-bond acceptors (Lipinski definition) is 5. The Kier molecular flexibility index (Phi) is 5.35.